The molecule has 2 aromatic heterocycles. The zero-order chi connectivity index (χ0) is 20.1. The molecule has 6 nitrogen and oxygen atoms in total. The second-order valence-corrected chi connectivity index (χ2v) is 6.86. The lowest BCUT2D eigenvalue weighted by atomic mass is 10.1. The molecule has 0 radical (unpaired) electrons. The van der Waals surface area contributed by atoms with Crippen molar-refractivity contribution in [2.45, 2.75) is 51.6 Å². The Balaban J connectivity index is 2.14. The standard InChI is InChI=1S/C19H18F3N3O3/c1-2-24-17(26)13-10-23-15-12(8-5-9-14(15)28-19(20,21)22)16(13)25(18(24)27)11-6-3-4-7-11/h5,8-11H,2-4,6-7H2,1H3. The Labute approximate surface area is 157 Å². The van der Waals surface area contributed by atoms with E-state index in [2.05, 4.69) is 9.72 Å². The Bertz CT molecular complexity index is 1170. The SMILES string of the molecule is CCn1c(=O)c2cnc3c(OC(F)(F)F)cccc3c2n(C2CCCC2)c1=O. The molecule has 0 N–H and O–H groups in total. The number of para-hydroxylation sites is 1. The van der Waals surface area contributed by atoms with Gasteiger partial charge in [-0.2, -0.15) is 0 Å². The summed E-state index contributed by atoms with van der Waals surface area (Å²) in [4.78, 5) is 30.0. The van der Waals surface area contributed by atoms with Gasteiger partial charge in [-0.25, -0.2) is 4.79 Å². The summed E-state index contributed by atoms with van der Waals surface area (Å²) in [5.41, 5.74) is -0.647. The number of benzene rings is 1. The highest BCUT2D eigenvalue weighted by molar-refractivity contribution is 6.04. The fourth-order valence-corrected chi connectivity index (χ4v) is 4.04. The number of aromatic nitrogens is 3. The highest BCUT2D eigenvalue weighted by Crippen LogP contribution is 2.35. The quantitative estimate of drug-likeness (QED) is 0.636. The third-order valence-corrected chi connectivity index (χ3v) is 5.22. The Kier molecular flexibility index (Phi) is 4.40. The van der Waals surface area contributed by atoms with Crippen molar-refractivity contribution in [3.63, 3.8) is 0 Å². The van der Waals surface area contributed by atoms with Crippen molar-refractivity contribution < 1.29 is 17.9 Å². The molecule has 148 valence electrons. The van der Waals surface area contributed by atoms with E-state index in [1.807, 2.05) is 0 Å². The number of halogens is 3. The molecule has 3 aromatic rings. The van der Waals surface area contributed by atoms with Gasteiger partial charge < -0.3 is 4.74 Å². The molecule has 0 spiro atoms. The van der Waals surface area contributed by atoms with Crippen molar-refractivity contribution in [3.05, 3.63) is 45.2 Å². The van der Waals surface area contributed by atoms with Crippen LogP contribution in [-0.4, -0.2) is 20.5 Å². The number of hydrogen-bond acceptors (Lipinski definition) is 4. The first-order valence-corrected chi connectivity index (χ1v) is 9.14. The summed E-state index contributed by atoms with van der Waals surface area (Å²) in [6.07, 6.45) is -0.175. The summed E-state index contributed by atoms with van der Waals surface area (Å²) in [6.45, 7) is 1.91. The summed E-state index contributed by atoms with van der Waals surface area (Å²) in [5, 5.41) is 0.508. The van der Waals surface area contributed by atoms with E-state index in [1.54, 1.807) is 17.6 Å². The van der Waals surface area contributed by atoms with Gasteiger partial charge in [0, 0.05) is 24.2 Å². The number of pyridine rings is 1. The lowest BCUT2D eigenvalue weighted by Crippen LogP contribution is -2.40. The van der Waals surface area contributed by atoms with E-state index >= 15 is 0 Å². The van der Waals surface area contributed by atoms with Crippen LogP contribution in [0.4, 0.5) is 13.2 Å². The Morgan fingerprint density at radius 2 is 1.89 bits per heavy atom. The first-order valence-electron chi connectivity index (χ1n) is 9.14. The van der Waals surface area contributed by atoms with Crippen LogP contribution in [0.25, 0.3) is 21.8 Å². The third-order valence-electron chi connectivity index (χ3n) is 5.22. The van der Waals surface area contributed by atoms with Gasteiger partial charge in [-0.15, -0.1) is 13.2 Å². The molecule has 4 rings (SSSR count). The number of alkyl halides is 3. The minimum atomic E-state index is -4.87. The van der Waals surface area contributed by atoms with Crippen LogP contribution in [0.5, 0.6) is 5.75 Å². The van der Waals surface area contributed by atoms with Crippen LogP contribution >= 0.6 is 0 Å². The first kappa shape index (κ1) is 18.5. The van der Waals surface area contributed by atoms with Crippen molar-refractivity contribution >= 4 is 21.8 Å². The maximum absolute atomic E-state index is 13.1. The predicted octanol–water partition coefficient (Wildman–Crippen LogP) is 3.75. The molecular formula is C19H18F3N3O3. The number of hydrogen-bond donors (Lipinski definition) is 0. The zero-order valence-corrected chi connectivity index (χ0v) is 15.1. The monoisotopic (exact) mass is 393 g/mol. The van der Waals surface area contributed by atoms with Gasteiger partial charge in [0.2, 0.25) is 0 Å². The molecule has 0 unspecified atom stereocenters. The number of fused-ring (bicyclic) bond motifs is 3. The van der Waals surface area contributed by atoms with E-state index in [0.717, 1.165) is 30.3 Å². The van der Waals surface area contributed by atoms with Crippen molar-refractivity contribution in [1.82, 2.24) is 14.1 Å². The molecule has 0 saturated heterocycles. The van der Waals surface area contributed by atoms with Crippen molar-refractivity contribution in [2.24, 2.45) is 0 Å². The van der Waals surface area contributed by atoms with E-state index in [0.29, 0.717) is 10.9 Å². The maximum atomic E-state index is 13.1. The molecule has 28 heavy (non-hydrogen) atoms. The number of nitrogens with zero attached hydrogens (tertiary/aromatic N) is 3. The molecule has 2 heterocycles. The van der Waals surface area contributed by atoms with Crippen molar-refractivity contribution in [3.8, 4) is 5.75 Å². The Morgan fingerprint density at radius 3 is 2.54 bits per heavy atom. The molecular weight excluding hydrogens is 375 g/mol. The molecule has 1 saturated carbocycles. The van der Waals surface area contributed by atoms with Crippen LogP contribution in [0, 0.1) is 0 Å². The largest absolute Gasteiger partial charge is 0.573 e. The minimum Gasteiger partial charge on any atom is -0.403 e. The number of ether oxygens (including phenoxy) is 1. The zero-order valence-electron chi connectivity index (χ0n) is 15.1. The molecule has 0 atom stereocenters. The summed E-state index contributed by atoms with van der Waals surface area (Å²) in [6, 6.07) is 4.03. The van der Waals surface area contributed by atoms with Crippen molar-refractivity contribution in [1.29, 1.82) is 0 Å². The lowest BCUT2D eigenvalue weighted by Gasteiger charge is -2.20. The van der Waals surface area contributed by atoms with Crippen LogP contribution in [0.2, 0.25) is 0 Å². The Morgan fingerprint density at radius 1 is 1.18 bits per heavy atom. The van der Waals surface area contributed by atoms with Gasteiger partial charge >= 0.3 is 12.1 Å². The van der Waals surface area contributed by atoms with E-state index in [9.17, 15) is 22.8 Å². The number of rotatable bonds is 3. The van der Waals surface area contributed by atoms with Gasteiger partial charge in [0.15, 0.2) is 5.75 Å². The topological polar surface area (TPSA) is 66.1 Å². The molecule has 1 fully saturated rings. The van der Waals surface area contributed by atoms with Crippen LogP contribution in [0.15, 0.2) is 34.0 Å². The normalized spacial score (nSPS) is 15.6. The highest BCUT2D eigenvalue weighted by atomic mass is 19.4. The lowest BCUT2D eigenvalue weighted by molar-refractivity contribution is -0.274. The second kappa shape index (κ2) is 6.65. The van der Waals surface area contributed by atoms with Gasteiger partial charge in [-0.05, 0) is 25.8 Å². The fraction of sp³-hybridized carbons (Fsp3) is 0.421. The van der Waals surface area contributed by atoms with E-state index < -0.39 is 23.4 Å². The maximum Gasteiger partial charge on any atom is 0.573 e. The highest BCUT2D eigenvalue weighted by Gasteiger charge is 2.32. The molecule has 1 aliphatic carbocycles. The molecule has 1 aromatic carbocycles. The van der Waals surface area contributed by atoms with Crippen molar-refractivity contribution in [2.75, 3.05) is 0 Å². The third kappa shape index (κ3) is 2.94. The van der Waals surface area contributed by atoms with E-state index in [1.165, 1.54) is 18.3 Å². The molecule has 0 aliphatic heterocycles. The smallest absolute Gasteiger partial charge is 0.403 e. The van der Waals surface area contributed by atoms with E-state index in [-0.39, 0.29) is 23.5 Å². The molecule has 0 amide bonds. The summed E-state index contributed by atoms with van der Waals surface area (Å²) in [5.74, 6) is -0.461. The predicted molar refractivity (Wildman–Crippen MR) is 97.6 cm³/mol. The van der Waals surface area contributed by atoms with Crippen LogP contribution in [-0.2, 0) is 6.54 Å². The van der Waals surface area contributed by atoms with Crippen LogP contribution in [0.1, 0.15) is 38.6 Å². The van der Waals surface area contributed by atoms with Gasteiger partial charge in [-0.1, -0.05) is 25.0 Å². The average molecular weight is 393 g/mol. The second-order valence-electron chi connectivity index (χ2n) is 6.86. The van der Waals surface area contributed by atoms with Crippen LogP contribution in [0.3, 0.4) is 0 Å². The van der Waals surface area contributed by atoms with Gasteiger partial charge in [0.25, 0.3) is 5.56 Å². The summed E-state index contributed by atoms with van der Waals surface area (Å²) in [7, 11) is 0. The average Bonchev–Trinajstić information content (AvgIpc) is 3.15. The molecule has 9 heteroatoms. The molecule has 0 bridgehead atoms. The summed E-state index contributed by atoms with van der Waals surface area (Å²) >= 11 is 0. The fourth-order valence-electron chi connectivity index (χ4n) is 4.04. The molecule has 1 aliphatic rings. The van der Waals surface area contributed by atoms with E-state index in [4.69, 9.17) is 0 Å². The minimum absolute atomic E-state index is 0.0351. The Hall–Kier alpha value is -2.84. The van der Waals surface area contributed by atoms with Crippen LogP contribution < -0.4 is 16.0 Å². The first-order chi connectivity index (χ1) is 13.3. The van der Waals surface area contributed by atoms with Gasteiger partial charge in [0.1, 0.15) is 5.52 Å². The summed E-state index contributed by atoms with van der Waals surface area (Å²) < 4.78 is 45.1. The van der Waals surface area contributed by atoms with Gasteiger partial charge in [-0.3, -0.25) is 18.9 Å². The van der Waals surface area contributed by atoms with Gasteiger partial charge in [0.05, 0.1) is 10.9 Å².